The molecule has 0 radical (unpaired) electrons. The first-order chi connectivity index (χ1) is 8.27. The van der Waals surface area contributed by atoms with E-state index in [1.165, 1.54) is 32.1 Å². The standard InChI is InChI=1S/C14H25N3/c1-12(2)7-8-16-13-5-3-4-6-14(13)17-10-9-15-11-17/h9-14,16H,3-8H2,1-2H3/t13-,14+/m1/s1. The van der Waals surface area contributed by atoms with Gasteiger partial charge < -0.3 is 9.88 Å². The van der Waals surface area contributed by atoms with E-state index in [1.807, 2.05) is 12.5 Å². The fourth-order valence-corrected chi connectivity index (χ4v) is 2.73. The zero-order valence-corrected chi connectivity index (χ0v) is 11.1. The van der Waals surface area contributed by atoms with Gasteiger partial charge in [-0.25, -0.2) is 4.98 Å². The van der Waals surface area contributed by atoms with Gasteiger partial charge >= 0.3 is 0 Å². The van der Waals surface area contributed by atoms with E-state index >= 15 is 0 Å². The Morgan fingerprint density at radius 2 is 2.18 bits per heavy atom. The Hall–Kier alpha value is -0.830. The first-order valence-corrected chi connectivity index (χ1v) is 6.98. The Morgan fingerprint density at radius 1 is 1.35 bits per heavy atom. The SMILES string of the molecule is CC(C)CCN[C@@H]1CCCC[C@@H]1n1ccnc1. The molecule has 1 N–H and O–H groups in total. The number of nitrogens with zero attached hydrogens (tertiary/aromatic N) is 2. The number of aromatic nitrogens is 2. The van der Waals surface area contributed by atoms with Gasteiger partial charge in [0.25, 0.3) is 0 Å². The molecular formula is C14H25N3. The van der Waals surface area contributed by atoms with Crippen molar-refractivity contribution in [3.8, 4) is 0 Å². The third-order valence-electron chi connectivity index (χ3n) is 3.77. The predicted molar refractivity (Wildman–Crippen MR) is 71.0 cm³/mol. The highest BCUT2D eigenvalue weighted by Gasteiger charge is 2.25. The van der Waals surface area contributed by atoms with Crippen LogP contribution in [0.5, 0.6) is 0 Å². The highest BCUT2D eigenvalue weighted by molar-refractivity contribution is 4.90. The summed E-state index contributed by atoms with van der Waals surface area (Å²) in [7, 11) is 0. The summed E-state index contributed by atoms with van der Waals surface area (Å²) in [5.41, 5.74) is 0. The van der Waals surface area contributed by atoms with E-state index in [9.17, 15) is 0 Å². The van der Waals surface area contributed by atoms with Gasteiger partial charge in [-0.1, -0.05) is 26.7 Å². The molecule has 0 amide bonds. The van der Waals surface area contributed by atoms with Gasteiger partial charge in [0.2, 0.25) is 0 Å². The minimum atomic E-state index is 0.610. The lowest BCUT2D eigenvalue weighted by atomic mass is 9.90. The summed E-state index contributed by atoms with van der Waals surface area (Å²) in [6.07, 6.45) is 12.5. The molecule has 0 unspecified atom stereocenters. The predicted octanol–water partition coefficient (Wildman–Crippen LogP) is 3.00. The molecule has 2 rings (SSSR count). The molecule has 1 aliphatic carbocycles. The number of nitrogens with one attached hydrogen (secondary N) is 1. The topological polar surface area (TPSA) is 29.9 Å². The molecule has 0 spiro atoms. The quantitative estimate of drug-likeness (QED) is 0.850. The summed E-state index contributed by atoms with van der Waals surface area (Å²) in [6.45, 7) is 5.72. The van der Waals surface area contributed by atoms with Crippen LogP contribution in [-0.4, -0.2) is 22.1 Å². The van der Waals surface area contributed by atoms with Crippen LogP contribution in [0.15, 0.2) is 18.7 Å². The zero-order valence-electron chi connectivity index (χ0n) is 11.1. The van der Waals surface area contributed by atoms with Crippen molar-refractivity contribution in [1.29, 1.82) is 0 Å². The van der Waals surface area contributed by atoms with Crippen LogP contribution in [0.1, 0.15) is 52.0 Å². The van der Waals surface area contributed by atoms with E-state index in [4.69, 9.17) is 0 Å². The van der Waals surface area contributed by atoms with Gasteiger partial charge in [-0.3, -0.25) is 0 Å². The highest BCUT2D eigenvalue weighted by atomic mass is 15.1. The first-order valence-electron chi connectivity index (χ1n) is 6.98. The summed E-state index contributed by atoms with van der Waals surface area (Å²) >= 11 is 0. The van der Waals surface area contributed by atoms with Gasteiger partial charge in [0, 0.05) is 24.5 Å². The van der Waals surface area contributed by atoms with E-state index in [2.05, 4.69) is 34.9 Å². The van der Waals surface area contributed by atoms with Crippen LogP contribution >= 0.6 is 0 Å². The van der Waals surface area contributed by atoms with Crippen LogP contribution in [0.3, 0.4) is 0 Å². The van der Waals surface area contributed by atoms with Crippen molar-refractivity contribution in [3.05, 3.63) is 18.7 Å². The second-order valence-corrected chi connectivity index (χ2v) is 5.60. The van der Waals surface area contributed by atoms with Gasteiger partial charge in [0.05, 0.1) is 6.33 Å². The molecule has 0 aromatic carbocycles. The second-order valence-electron chi connectivity index (χ2n) is 5.60. The number of rotatable bonds is 5. The number of imidazole rings is 1. The molecule has 3 nitrogen and oxygen atoms in total. The molecule has 1 aliphatic rings. The molecule has 0 bridgehead atoms. The van der Waals surface area contributed by atoms with Crippen LogP contribution in [-0.2, 0) is 0 Å². The molecule has 1 saturated carbocycles. The van der Waals surface area contributed by atoms with Crippen molar-refractivity contribution >= 4 is 0 Å². The van der Waals surface area contributed by atoms with Gasteiger partial charge in [-0.15, -0.1) is 0 Å². The maximum atomic E-state index is 4.18. The molecule has 1 heterocycles. The maximum absolute atomic E-state index is 4.18. The Bertz CT molecular complexity index is 305. The fraction of sp³-hybridized carbons (Fsp3) is 0.786. The van der Waals surface area contributed by atoms with Crippen molar-refractivity contribution in [3.63, 3.8) is 0 Å². The molecule has 1 aromatic heterocycles. The smallest absolute Gasteiger partial charge is 0.0949 e. The van der Waals surface area contributed by atoms with Gasteiger partial charge in [-0.05, 0) is 31.7 Å². The van der Waals surface area contributed by atoms with Crippen molar-refractivity contribution in [2.45, 2.75) is 58.0 Å². The third-order valence-corrected chi connectivity index (χ3v) is 3.77. The average molecular weight is 235 g/mol. The van der Waals surface area contributed by atoms with Crippen LogP contribution in [0.25, 0.3) is 0 Å². The van der Waals surface area contributed by atoms with Gasteiger partial charge in [0.1, 0.15) is 0 Å². The number of hydrogen-bond donors (Lipinski definition) is 1. The molecular weight excluding hydrogens is 210 g/mol. The molecule has 17 heavy (non-hydrogen) atoms. The van der Waals surface area contributed by atoms with E-state index in [0.717, 1.165) is 12.5 Å². The number of hydrogen-bond acceptors (Lipinski definition) is 2. The molecule has 3 heteroatoms. The Balaban J connectivity index is 1.89. The summed E-state index contributed by atoms with van der Waals surface area (Å²) in [5.74, 6) is 0.790. The molecule has 2 atom stereocenters. The zero-order chi connectivity index (χ0) is 12.1. The lowest BCUT2D eigenvalue weighted by Crippen LogP contribution is -2.40. The van der Waals surface area contributed by atoms with Crippen LogP contribution < -0.4 is 5.32 Å². The fourth-order valence-electron chi connectivity index (χ4n) is 2.73. The highest BCUT2D eigenvalue weighted by Crippen LogP contribution is 2.28. The average Bonchev–Trinajstić information content (AvgIpc) is 2.82. The van der Waals surface area contributed by atoms with Crippen LogP contribution in [0.2, 0.25) is 0 Å². The van der Waals surface area contributed by atoms with E-state index < -0.39 is 0 Å². The minimum absolute atomic E-state index is 0.610. The summed E-state index contributed by atoms with van der Waals surface area (Å²) in [6, 6.07) is 1.25. The van der Waals surface area contributed by atoms with E-state index in [1.54, 1.807) is 0 Å². The molecule has 96 valence electrons. The van der Waals surface area contributed by atoms with Crippen molar-refractivity contribution in [2.75, 3.05) is 6.54 Å². The van der Waals surface area contributed by atoms with Gasteiger partial charge in [-0.2, -0.15) is 0 Å². The summed E-state index contributed by atoms with van der Waals surface area (Å²) < 4.78 is 2.28. The van der Waals surface area contributed by atoms with Crippen LogP contribution in [0.4, 0.5) is 0 Å². The maximum Gasteiger partial charge on any atom is 0.0949 e. The third kappa shape index (κ3) is 3.56. The molecule has 0 saturated heterocycles. The van der Waals surface area contributed by atoms with Crippen molar-refractivity contribution in [1.82, 2.24) is 14.9 Å². The lowest BCUT2D eigenvalue weighted by Gasteiger charge is -2.33. The van der Waals surface area contributed by atoms with Gasteiger partial charge in [0.15, 0.2) is 0 Å². The Kier molecular flexibility index (Phi) is 4.60. The van der Waals surface area contributed by atoms with Crippen molar-refractivity contribution < 1.29 is 0 Å². The first kappa shape index (κ1) is 12.6. The molecule has 1 aromatic rings. The summed E-state index contributed by atoms with van der Waals surface area (Å²) in [4.78, 5) is 4.18. The second kappa shape index (κ2) is 6.20. The summed E-state index contributed by atoms with van der Waals surface area (Å²) in [5, 5.41) is 3.74. The minimum Gasteiger partial charge on any atom is -0.333 e. The Labute approximate surface area is 105 Å². The van der Waals surface area contributed by atoms with Crippen molar-refractivity contribution in [2.24, 2.45) is 5.92 Å². The van der Waals surface area contributed by atoms with E-state index in [-0.39, 0.29) is 0 Å². The monoisotopic (exact) mass is 235 g/mol. The molecule has 1 fully saturated rings. The molecule has 0 aliphatic heterocycles. The normalized spacial score (nSPS) is 25.4. The van der Waals surface area contributed by atoms with Crippen LogP contribution in [0, 0.1) is 5.92 Å². The largest absolute Gasteiger partial charge is 0.333 e. The lowest BCUT2D eigenvalue weighted by molar-refractivity contribution is 0.259. The van der Waals surface area contributed by atoms with E-state index in [0.29, 0.717) is 12.1 Å². The Morgan fingerprint density at radius 3 is 2.88 bits per heavy atom.